The molecule has 1 atom stereocenters. The van der Waals surface area contributed by atoms with Gasteiger partial charge in [0, 0.05) is 32.4 Å². The van der Waals surface area contributed by atoms with Crippen molar-refractivity contribution in [3.63, 3.8) is 0 Å². The molecular formula is C10H18N4O2S2. The number of thiocarbonyl (C=S) groups is 1. The van der Waals surface area contributed by atoms with Crippen molar-refractivity contribution < 1.29 is 8.42 Å². The largest absolute Gasteiger partial charge is 0.392 e. The molecule has 0 fully saturated rings. The number of hydrogen-bond donors (Lipinski definition) is 1. The molecule has 6 nitrogen and oxygen atoms in total. The van der Waals surface area contributed by atoms with Gasteiger partial charge in [0.1, 0.15) is 5.25 Å². The van der Waals surface area contributed by atoms with Crippen molar-refractivity contribution in [3.8, 4) is 0 Å². The van der Waals surface area contributed by atoms with E-state index in [1.54, 1.807) is 31.0 Å². The van der Waals surface area contributed by atoms with Crippen molar-refractivity contribution in [2.24, 2.45) is 12.8 Å². The molecule has 0 aliphatic heterocycles. The van der Waals surface area contributed by atoms with Crippen LogP contribution in [0.25, 0.3) is 0 Å². The van der Waals surface area contributed by atoms with Crippen LogP contribution < -0.4 is 5.73 Å². The number of hydrogen-bond acceptors (Lipinski definition) is 4. The SMILES string of the molecule is CCC(C(N)=S)S(=O)(=O)N(C)Cc1cnn(C)c1. The first-order chi connectivity index (χ1) is 8.28. The van der Waals surface area contributed by atoms with E-state index in [9.17, 15) is 8.42 Å². The van der Waals surface area contributed by atoms with Crippen molar-refractivity contribution in [1.82, 2.24) is 14.1 Å². The van der Waals surface area contributed by atoms with E-state index in [-0.39, 0.29) is 11.5 Å². The minimum absolute atomic E-state index is 0.00976. The quantitative estimate of drug-likeness (QED) is 0.759. The summed E-state index contributed by atoms with van der Waals surface area (Å²) in [6.45, 7) is 2.01. The van der Waals surface area contributed by atoms with E-state index in [4.69, 9.17) is 18.0 Å². The van der Waals surface area contributed by atoms with Crippen LogP contribution in [0, 0.1) is 0 Å². The molecule has 18 heavy (non-hydrogen) atoms. The zero-order chi connectivity index (χ0) is 13.9. The second-order valence-corrected chi connectivity index (χ2v) is 6.82. The molecule has 0 radical (unpaired) electrons. The van der Waals surface area contributed by atoms with Crippen molar-refractivity contribution in [2.75, 3.05) is 7.05 Å². The second-order valence-electron chi connectivity index (χ2n) is 4.12. The van der Waals surface area contributed by atoms with Crippen LogP contribution in [0.2, 0.25) is 0 Å². The minimum atomic E-state index is -3.51. The molecular weight excluding hydrogens is 272 g/mol. The van der Waals surface area contributed by atoms with Crippen LogP contribution in [-0.4, -0.2) is 39.8 Å². The van der Waals surface area contributed by atoms with Crippen LogP contribution in [0.4, 0.5) is 0 Å². The zero-order valence-electron chi connectivity index (χ0n) is 10.7. The average Bonchev–Trinajstić information content (AvgIpc) is 2.63. The number of nitrogens with zero attached hydrogens (tertiary/aromatic N) is 3. The molecule has 2 N–H and O–H groups in total. The molecule has 1 aromatic rings. The van der Waals surface area contributed by atoms with Crippen molar-refractivity contribution in [1.29, 1.82) is 0 Å². The van der Waals surface area contributed by atoms with Gasteiger partial charge in [-0.15, -0.1) is 0 Å². The molecule has 1 unspecified atom stereocenters. The summed E-state index contributed by atoms with van der Waals surface area (Å²) < 4.78 is 27.4. The highest BCUT2D eigenvalue weighted by Crippen LogP contribution is 2.14. The summed E-state index contributed by atoms with van der Waals surface area (Å²) in [4.78, 5) is 0.00976. The molecule has 0 saturated heterocycles. The van der Waals surface area contributed by atoms with Crippen LogP contribution in [0.3, 0.4) is 0 Å². The highest BCUT2D eigenvalue weighted by molar-refractivity contribution is 7.92. The molecule has 0 saturated carbocycles. The number of rotatable bonds is 6. The molecule has 1 heterocycles. The third-order valence-corrected chi connectivity index (χ3v) is 5.38. The van der Waals surface area contributed by atoms with E-state index < -0.39 is 15.3 Å². The summed E-state index contributed by atoms with van der Waals surface area (Å²) in [7, 11) is -0.212. The first-order valence-electron chi connectivity index (χ1n) is 5.51. The van der Waals surface area contributed by atoms with Crippen molar-refractivity contribution in [3.05, 3.63) is 18.0 Å². The smallest absolute Gasteiger partial charge is 0.223 e. The summed E-state index contributed by atoms with van der Waals surface area (Å²) in [5.41, 5.74) is 6.30. The second kappa shape index (κ2) is 5.77. The molecule has 1 aromatic heterocycles. The Morgan fingerprint density at radius 3 is 2.67 bits per heavy atom. The van der Waals surface area contributed by atoms with Crippen LogP contribution in [0.15, 0.2) is 12.4 Å². The Kier molecular flexibility index (Phi) is 4.83. The first kappa shape index (κ1) is 15.1. The molecule has 1 rings (SSSR count). The fourth-order valence-electron chi connectivity index (χ4n) is 1.68. The standard InChI is InChI=1S/C10H18N4O2S2/c1-4-9(10(11)17)18(15,16)14(3)7-8-5-12-13(2)6-8/h5-6,9H,4,7H2,1-3H3,(H2,11,17). The predicted octanol–water partition coefficient (Wildman–Crippen LogP) is 0.246. The monoisotopic (exact) mass is 290 g/mol. The maximum atomic E-state index is 12.2. The van der Waals surface area contributed by atoms with Crippen LogP contribution in [0.1, 0.15) is 18.9 Å². The maximum absolute atomic E-state index is 12.2. The van der Waals surface area contributed by atoms with Gasteiger partial charge >= 0.3 is 0 Å². The van der Waals surface area contributed by atoms with E-state index in [0.29, 0.717) is 6.42 Å². The van der Waals surface area contributed by atoms with E-state index in [0.717, 1.165) is 5.56 Å². The van der Waals surface area contributed by atoms with Crippen LogP contribution in [0.5, 0.6) is 0 Å². The molecule has 0 amide bonds. The molecule has 0 aromatic carbocycles. The molecule has 0 aliphatic carbocycles. The van der Waals surface area contributed by atoms with E-state index in [1.165, 1.54) is 11.4 Å². The normalized spacial score (nSPS) is 13.8. The Labute approximate surface area is 113 Å². The average molecular weight is 290 g/mol. The van der Waals surface area contributed by atoms with Gasteiger partial charge in [-0.1, -0.05) is 19.1 Å². The third kappa shape index (κ3) is 3.27. The Balaban J connectivity index is 2.88. The fraction of sp³-hybridized carbons (Fsp3) is 0.600. The lowest BCUT2D eigenvalue weighted by atomic mass is 10.3. The topological polar surface area (TPSA) is 81.2 Å². The lowest BCUT2D eigenvalue weighted by Crippen LogP contribution is -2.42. The highest BCUT2D eigenvalue weighted by Gasteiger charge is 2.30. The summed E-state index contributed by atoms with van der Waals surface area (Å²) in [5, 5.41) is 3.19. The molecule has 0 aliphatic rings. The van der Waals surface area contributed by atoms with E-state index >= 15 is 0 Å². The highest BCUT2D eigenvalue weighted by atomic mass is 32.2. The Hall–Kier alpha value is -0.990. The van der Waals surface area contributed by atoms with E-state index in [2.05, 4.69) is 5.10 Å². The summed E-state index contributed by atoms with van der Waals surface area (Å²) in [6, 6.07) is 0. The number of aromatic nitrogens is 2. The van der Waals surface area contributed by atoms with Gasteiger partial charge in [-0.2, -0.15) is 9.40 Å². The lowest BCUT2D eigenvalue weighted by Gasteiger charge is -2.22. The Bertz CT molecular complexity index is 524. The van der Waals surface area contributed by atoms with Gasteiger partial charge in [-0.05, 0) is 6.42 Å². The molecule has 0 spiro atoms. The fourth-order valence-corrected chi connectivity index (χ4v) is 3.69. The molecule has 102 valence electrons. The molecule has 8 heteroatoms. The summed E-state index contributed by atoms with van der Waals surface area (Å²) in [5.74, 6) is 0. The number of aryl methyl sites for hydroxylation is 1. The van der Waals surface area contributed by atoms with Gasteiger partial charge in [-0.25, -0.2) is 8.42 Å². The number of sulfonamides is 1. The van der Waals surface area contributed by atoms with Crippen molar-refractivity contribution >= 4 is 27.2 Å². The van der Waals surface area contributed by atoms with E-state index in [1.807, 2.05) is 0 Å². The maximum Gasteiger partial charge on any atom is 0.223 e. The third-order valence-electron chi connectivity index (χ3n) is 2.65. The van der Waals surface area contributed by atoms with Gasteiger partial charge in [0.2, 0.25) is 10.0 Å². The summed E-state index contributed by atoms with van der Waals surface area (Å²) >= 11 is 4.81. The Morgan fingerprint density at radius 1 is 1.67 bits per heavy atom. The summed E-state index contributed by atoms with van der Waals surface area (Å²) in [6.07, 6.45) is 3.77. The lowest BCUT2D eigenvalue weighted by molar-refractivity contribution is 0.461. The van der Waals surface area contributed by atoms with Gasteiger partial charge in [0.15, 0.2) is 0 Å². The van der Waals surface area contributed by atoms with Gasteiger partial charge in [-0.3, -0.25) is 4.68 Å². The minimum Gasteiger partial charge on any atom is -0.392 e. The Morgan fingerprint density at radius 2 is 2.28 bits per heavy atom. The number of nitrogens with two attached hydrogens (primary N) is 1. The zero-order valence-corrected chi connectivity index (χ0v) is 12.3. The predicted molar refractivity (Wildman–Crippen MR) is 74.5 cm³/mol. The molecule has 0 bridgehead atoms. The van der Waals surface area contributed by atoms with Gasteiger partial charge in [0.05, 0.1) is 11.2 Å². The van der Waals surface area contributed by atoms with Crippen LogP contribution in [-0.2, 0) is 23.6 Å². The van der Waals surface area contributed by atoms with Gasteiger partial charge in [0.25, 0.3) is 0 Å². The van der Waals surface area contributed by atoms with Crippen molar-refractivity contribution in [2.45, 2.75) is 25.1 Å². The van der Waals surface area contributed by atoms with Crippen LogP contribution >= 0.6 is 12.2 Å². The first-order valence-corrected chi connectivity index (χ1v) is 7.42. The van der Waals surface area contributed by atoms with Gasteiger partial charge < -0.3 is 5.73 Å².